The SMILES string of the molecule is COc1cc2nc(C)n(CCNC(=O)C(C)C)c(=O)c2cc1OC. The Morgan fingerprint density at radius 2 is 1.88 bits per heavy atom. The van der Waals surface area contributed by atoms with E-state index in [-0.39, 0.29) is 17.4 Å². The lowest BCUT2D eigenvalue weighted by atomic mass is 10.2. The number of carbonyl (C=O) groups is 1. The molecular weight excluding hydrogens is 310 g/mol. The van der Waals surface area contributed by atoms with Crippen LogP contribution in [0.15, 0.2) is 16.9 Å². The second-order valence-corrected chi connectivity index (χ2v) is 5.79. The number of aryl methyl sites for hydroxylation is 1. The molecule has 0 aliphatic heterocycles. The van der Waals surface area contributed by atoms with E-state index < -0.39 is 0 Å². The van der Waals surface area contributed by atoms with Crippen LogP contribution in [0.25, 0.3) is 10.9 Å². The van der Waals surface area contributed by atoms with Crippen LogP contribution < -0.4 is 20.3 Å². The smallest absolute Gasteiger partial charge is 0.261 e. The predicted octanol–water partition coefficient (Wildman–Crippen LogP) is 1.49. The number of hydrogen-bond acceptors (Lipinski definition) is 5. The number of benzene rings is 1. The number of amides is 1. The monoisotopic (exact) mass is 333 g/mol. The van der Waals surface area contributed by atoms with Gasteiger partial charge in [-0.15, -0.1) is 0 Å². The lowest BCUT2D eigenvalue weighted by Gasteiger charge is -2.14. The van der Waals surface area contributed by atoms with Gasteiger partial charge in [-0.05, 0) is 13.0 Å². The van der Waals surface area contributed by atoms with E-state index in [0.29, 0.717) is 41.3 Å². The number of nitrogens with one attached hydrogen (secondary N) is 1. The molecule has 0 spiro atoms. The molecule has 0 saturated carbocycles. The number of nitrogens with zero attached hydrogens (tertiary/aromatic N) is 2. The second kappa shape index (κ2) is 7.33. The van der Waals surface area contributed by atoms with Crippen molar-refractivity contribution in [3.8, 4) is 11.5 Å². The zero-order chi connectivity index (χ0) is 17.9. The minimum atomic E-state index is -0.169. The summed E-state index contributed by atoms with van der Waals surface area (Å²) in [5, 5.41) is 3.26. The van der Waals surface area contributed by atoms with Crippen LogP contribution in [-0.2, 0) is 11.3 Å². The van der Waals surface area contributed by atoms with Gasteiger partial charge in [-0.2, -0.15) is 0 Å². The maximum atomic E-state index is 12.7. The number of hydrogen-bond donors (Lipinski definition) is 1. The molecule has 2 aromatic rings. The van der Waals surface area contributed by atoms with Gasteiger partial charge in [0.25, 0.3) is 5.56 Å². The van der Waals surface area contributed by atoms with Crippen LogP contribution >= 0.6 is 0 Å². The van der Waals surface area contributed by atoms with Crippen molar-refractivity contribution in [1.82, 2.24) is 14.9 Å². The third-order valence-corrected chi connectivity index (χ3v) is 3.81. The van der Waals surface area contributed by atoms with Crippen molar-refractivity contribution in [3.05, 3.63) is 28.3 Å². The highest BCUT2D eigenvalue weighted by Crippen LogP contribution is 2.30. The van der Waals surface area contributed by atoms with Crippen molar-refractivity contribution in [3.63, 3.8) is 0 Å². The van der Waals surface area contributed by atoms with E-state index in [9.17, 15) is 9.59 Å². The molecular formula is C17H23N3O4. The Hall–Kier alpha value is -2.57. The third kappa shape index (κ3) is 3.50. The molecule has 0 fully saturated rings. The van der Waals surface area contributed by atoms with Crippen molar-refractivity contribution >= 4 is 16.8 Å². The molecule has 1 amide bonds. The zero-order valence-electron chi connectivity index (χ0n) is 14.7. The van der Waals surface area contributed by atoms with Gasteiger partial charge in [-0.3, -0.25) is 14.2 Å². The second-order valence-electron chi connectivity index (χ2n) is 5.79. The van der Waals surface area contributed by atoms with Gasteiger partial charge in [0, 0.05) is 25.1 Å². The van der Waals surface area contributed by atoms with Gasteiger partial charge < -0.3 is 14.8 Å². The minimum absolute atomic E-state index is 0.0409. The summed E-state index contributed by atoms with van der Waals surface area (Å²) in [7, 11) is 3.06. The maximum absolute atomic E-state index is 12.7. The summed E-state index contributed by atoms with van der Waals surface area (Å²) in [5.74, 6) is 1.46. The van der Waals surface area contributed by atoms with Crippen LogP contribution in [0, 0.1) is 12.8 Å². The van der Waals surface area contributed by atoms with E-state index in [1.165, 1.54) is 14.2 Å². The van der Waals surface area contributed by atoms with Crippen LogP contribution in [0.5, 0.6) is 11.5 Å². The van der Waals surface area contributed by atoms with E-state index >= 15 is 0 Å². The van der Waals surface area contributed by atoms with E-state index in [1.807, 2.05) is 13.8 Å². The fourth-order valence-electron chi connectivity index (χ4n) is 2.42. The molecule has 0 atom stereocenters. The van der Waals surface area contributed by atoms with Crippen LogP contribution in [0.4, 0.5) is 0 Å². The summed E-state index contributed by atoms with van der Waals surface area (Å²) in [6.45, 7) is 6.15. The maximum Gasteiger partial charge on any atom is 0.261 e. The largest absolute Gasteiger partial charge is 0.493 e. The first-order valence-corrected chi connectivity index (χ1v) is 7.80. The fourth-order valence-corrected chi connectivity index (χ4v) is 2.42. The zero-order valence-corrected chi connectivity index (χ0v) is 14.7. The number of methoxy groups -OCH3 is 2. The normalized spacial score (nSPS) is 10.9. The minimum Gasteiger partial charge on any atom is -0.493 e. The molecule has 2 rings (SSSR count). The first kappa shape index (κ1) is 17.8. The van der Waals surface area contributed by atoms with Crippen molar-refractivity contribution in [2.24, 2.45) is 5.92 Å². The Labute approximate surface area is 140 Å². The van der Waals surface area contributed by atoms with Gasteiger partial charge in [-0.1, -0.05) is 13.8 Å². The Bertz CT molecular complexity index is 812. The van der Waals surface area contributed by atoms with Crippen molar-refractivity contribution in [1.29, 1.82) is 0 Å². The van der Waals surface area contributed by atoms with E-state index in [2.05, 4.69) is 10.3 Å². The lowest BCUT2D eigenvalue weighted by molar-refractivity contribution is -0.124. The van der Waals surface area contributed by atoms with Crippen molar-refractivity contribution in [2.45, 2.75) is 27.3 Å². The first-order chi connectivity index (χ1) is 11.4. The van der Waals surface area contributed by atoms with Crippen LogP contribution in [-0.4, -0.2) is 36.2 Å². The summed E-state index contributed by atoms with van der Waals surface area (Å²) < 4.78 is 12.0. The van der Waals surface area contributed by atoms with Gasteiger partial charge >= 0.3 is 0 Å². The average Bonchev–Trinajstić information content (AvgIpc) is 2.56. The summed E-state index contributed by atoms with van der Waals surface area (Å²) in [4.78, 5) is 28.8. The molecule has 7 nitrogen and oxygen atoms in total. The van der Waals surface area contributed by atoms with Gasteiger partial charge in [0.15, 0.2) is 11.5 Å². The fraction of sp³-hybridized carbons (Fsp3) is 0.471. The van der Waals surface area contributed by atoms with Gasteiger partial charge in [0.1, 0.15) is 5.82 Å². The molecule has 7 heteroatoms. The van der Waals surface area contributed by atoms with E-state index in [4.69, 9.17) is 9.47 Å². The molecule has 0 aliphatic carbocycles. The summed E-state index contributed by atoms with van der Waals surface area (Å²) in [6, 6.07) is 3.32. The third-order valence-electron chi connectivity index (χ3n) is 3.81. The molecule has 1 N–H and O–H groups in total. The number of fused-ring (bicyclic) bond motifs is 1. The standard InChI is InChI=1S/C17H23N3O4/c1-10(2)16(21)18-6-7-20-11(3)19-13-9-15(24-5)14(23-4)8-12(13)17(20)22/h8-10H,6-7H2,1-5H3,(H,18,21). The molecule has 0 radical (unpaired) electrons. The van der Waals surface area contributed by atoms with Gasteiger partial charge in [0.05, 0.1) is 25.1 Å². The Balaban J connectivity index is 2.38. The molecule has 130 valence electrons. The van der Waals surface area contributed by atoms with Crippen molar-refractivity contribution in [2.75, 3.05) is 20.8 Å². The van der Waals surface area contributed by atoms with Crippen LogP contribution in [0.1, 0.15) is 19.7 Å². The number of aromatic nitrogens is 2. The van der Waals surface area contributed by atoms with E-state index in [0.717, 1.165) is 0 Å². The molecule has 1 aromatic heterocycles. The van der Waals surface area contributed by atoms with Crippen LogP contribution in [0.2, 0.25) is 0 Å². The number of rotatable bonds is 6. The molecule has 1 heterocycles. The molecule has 24 heavy (non-hydrogen) atoms. The highest BCUT2D eigenvalue weighted by atomic mass is 16.5. The molecule has 0 saturated heterocycles. The molecule has 0 aliphatic rings. The highest BCUT2D eigenvalue weighted by molar-refractivity contribution is 5.82. The first-order valence-electron chi connectivity index (χ1n) is 7.80. The summed E-state index contributed by atoms with van der Waals surface area (Å²) in [6.07, 6.45) is 0. The highest BCUT2D eigenvalue weighted by Gasteiger charge is 2.13. The Morgan fingerprint density at radius 3 is 2.46 bits per heavy atom. The quantitative estimate of drug-likeness (QED) is 0.866. The lowest BCUT2D eigenvalue weighted by Crippen LogP contribution is -2.34. The molecule has 0 bridgehead atoms. The van der Waals surface area contributed by atoms with Gasteiger partial charge in [0.2, 0.25) is 5.91 Å². The van der Waals surface area contributed by atoms with Gasteiger partial charge in [-0.25, -0.2) is 4.98 Å². The van der Waals surface area contributed by atoms with Crippen molar-refractivity contribution < 1.29 is 14.3 Å². The van der Waals surface area contributed by atoms with Crippen LogP contribution in [0.3, 0.4) is 0 Å². The number of ether oxygens (including phenoxy) is 2. The Morgan fingerprint density at radius 1 is 1.25 bits per heavy atom. The summed E-state index contributed by atoms with van der Waals surface area (Å²) >= 11 is 0. The topological polar surface area (TPSA) is 82.5 Å². The number of carbonyl (C=O) groups excluding carboxylic acids is 1. The molecule has 0 unspecified atom stereocenters. The summed E-state index contributed by atoms with van der Waals surface area (Å²) in [5.41, 5.74) is 0.384. The Kier molecular flexibility index (Phi) is 5.43. The molecule has 1 aromatic carbocycles. The predicted molar refractivity (Wildman–Crippen MR) is 91.7 cm³/mol. The van der Waals surface area contributed by atoms with E-state index in [1.54, 1.807) is 23.6 Å². The average molecular weight is 333 g/mol.